The van der Waals surface area contributed by atoms with E-state index < -0.39 is 17.6 Å². The Morgan fingerprint density at radius 3 is 2.60 bits per heavy atom. The molecule has 0 aliphatic heterocycles. The lowest BCUT2D eigenvalue weighted by atomic mass is 10.1. The molecule has 0 radical (unpaired) electrons. The lowest BCUT2D eigenvalue weighted by Gasteiger charge is -2.11. The van der Waals surface area contributed by atoms with E-state index in [1.807, 2.05) is 0 Å². The highest BCUT2D eigenvalue weighted by atomic mass is 19.4. The molecule has 0 unspecified atom stereocenters. The quantitative estimate of drug-likeness (QED) is 0.832. The van der Waals surface area contributed by atoms with Gasteiger partial charge in [-0.05, 0) is 30.3 Å². The molecule has 2 rings (SSSR count). The molecule has 0 spiro atoms. The van der Waals surface area contributed by atoms with Crippen LogP contribution in [0.15, 0.2) is 42.7 Å². The van der Waals surface area contributed by atoms with Gasteiger partial charge in [0.15, 0.2) is 0 Å². The van der Waals surface area contributed by atoms with E-state index in [0.29, 0.717) is 5.69 Å². The first-order valence-corrected chi connectivity index (χ1v) is 5.56. The maximum atomic E-state index is 12.6. The van der Waals surface area contributed by atoms with Crippen molar-refractivity contribution in [2.24, 2.45) is 0 Å². The minimum absolute atomic E-state index is 0.0283. The number of rotatable bonds is 2. The molecule has 0 saturated carbocycles. The number of aromatic nitrogens is 1. The fourth-order valence-electron chi connectivity index (χ4n) is 1.56. The van der Waals surface area contributed by atoms with E-state index in [-0.39, 0.29) is 11.3 Å². The van der Waals surface area contributed by atoms with Gasteiger partial charge in [-0.1, -0.05) is 0 Å². The molecule has 1 heterocycles. The van der Waals surface area contributed by atoms with Crippen LogP contribution in [-0.4, -0.2) is 10.9 Å². The molecule has 0 bridgehead atoms. The summed E-state index contributed by atoms with van der Waals surface area (Å²) in [6, 6.07) is 5.76. The van der Waals surface area contributed by atoms with Crippen LogP contribution < -0.4 is 11.1 Å². The minimum atomic E-state index is -4.53. The van der Waals surface area contributed by atoms with Crippen molar-refractivity contribution in [2.75, 3.05) is 11.1 Å². The number of nitrogens with two attached hydrogens (primary N) is 1. The zero-order chi connectivity index (χ0) is 14.8. The lowest BCUT2D eigenvalue weighted by molar-refractivity contribution is -0.137. The van der Waals surface area contributed by atoms with Gasteiger partial charge in [0.05, 0.1) is 23.0 Å². The summed E-state index contributed by atoms with van der Waals surface area (Å²) in [5, 5.41) is 2.43. The Morgan fingerprint density at radius 2 is 2.00 bits per heavy atom. The van der Waals surface area contributed by atoms with Gasteiger partial charge in [-0.2, -0.15) is 13.2 Å². The van der Waals surface area contributed by atoms with Crippen molar-refractivity contribution in [3.05, 3.63) is 53.9 Å². The van der Waals surface area contributed by atoms with Gasteiger partial charge in [-0.3, -0.25) is 9.78 Å². The Balaban J connectivity index is 2.30. The first-order chi connectivity index (χ1) is 9.38. The maximum absolute atomic E-state index is 12.6. The van der Waals surface area contributed by atoms with Crippen molar-refractivity contribution >= 4 is 17.3 Å². The lowest BCUT2D eigenvalue weighted by Crippen LogP contribution is -2.16. The molecule has 4 nitrogen and oxygen atoms in total. The van der Waals surface area contributed by atoms with Gasteiger partial charge in [0.1, 0.15) is 0 Å². The number of anilines is 2. The highest BCUT2D eigenvalue weighted by Crippen LogP contribution is 2.31. The number of halogens is 3. The Hall–Kier alpha value is -2.57. The second kappa shape index (κ2) is 5.20. The van der Waals surface area contributed by atoms with Crippen molar-refractivity contribution in [1.82, 2.24) is 4.98 Å². The Kier molecular flexibility index (Phi) is 3.60. The summed E-state index contributed by atoms with van der Waals surface area (Å²) in [6.45, 7) is 0. The molecule has 1 amide bonds. The minimum Gasteiger partial charge on any atom is -0.398 e. The number of nitrogen functional groups attached to an aromatic ring is 1. The van der Waals surface area contributed by atoms with Crippen molar-refractivity contribution in [1.29, 1.82) is 0 Å². The number of carbonyl (C=O) groups excluding carboxylic acids is 1. The number of carbonyl (C=O) groups is 1. The zero-order valence-corrected chi connectivity index (χ0v) is 10.1. The summed E-state index contributed by atoms with van der Waals surface area (Å²) >= 11 is 0. The largest absolute Gasteiger partial charge is 0.416 e. The Morgan fingerprint density at radius 1 is 1.25 bits per heavy atom. The van der Waals surface area contributed by atoms with Crippen LogP contribution in [0.4, 0.5) is 24.5 Å². The number of benzene rings is 1. The summed E-state index contributed by atoms with van der Waals surface area (Å²) in [5.74, 6) is -0.721. The standard InChI is InChI=1S/C13H10F3N3O/c14-13(15,16)8-3-4-11(17)10(6-8)12(20)19-9-2-1-5-18-7-9/h1-7H,17H2,(H,19,20). The van der Waals surface area contributed by atoms with Crippen molar-refractivity contribution < 1.29 is 18.0 Å². The number of pyridine rings is 1. The Bertz CT molecular complexity index is 627. The molecular weight excluding hydrogens is 271 g/mol. The Labute approximate surface area is 112 Å². The van der Waals surface area contributed by atoms with Crippen LogP contribution in [0.25, 0.3) is 0 Å². The summed E-state index contributed by atoms with van der Waals surface area (Å²) in [6.07, 6.45) is -1.65. The summed E-state index contributed by atoms with van der Waals surface area (Å²) < 4.78 is 37.8. The molecule has 0 saturated heterocycles. The van der Waals surface area contributed by atoms with Gasteiger partial charge in [-0.25, -0.2) is 0 Å². The van der Waals surface area contributed by atoms with Gasteiger partial charge in [0.2, 0.25) is 0 Å². The van der Waals surface area contributed by atoms with Gasteiger partial charge < -0.3 is 11.1 Å². The molecule has 20 heavy (non-hydrogen) atoms. The summed E-state index contributed by atoms with van der Waals surface area (Å²) in [5.41, 5.74) is 4.72. The van der Waals surface area contributed by atoms with E-state index >= 15 is 0 Å². The third-order valence-corrected chi connectivity index (χ3v) is 2.54. The van der Waals surface area contributed by atoms with Crippen LogP contribution in [0.1, 0.15) is 15.9 Å². The molecule has 7 heteroatoms. The average Bonchev–Trinajstić information content (AvgIpc) is 2.39. The van der Waals surface area contributed by atoms with E-state index in [4.69, 9.17) is 5.73 Å². The van der Waals surface area contributed by atoms with Gasteiger partial charge in [0, 0.05) is 11.9 Å². The number of nitrogens with zero attached hydrogens (tertiary/aromatic N) is 1. The molecule has 1 aromatic heterocycles. The second-order valence-electron chi connectivity index (χ2n) is 4.00. The fraction of sp³-hybridized carbons (Fsp3) is 0.0769. The van der Waals surface area contributed by atoms with E-state index in [1.165, 1.54) is 12.4 Å². The van der Waals surface area contributed by atoms with Crippen molar-refractivity contribution in [2.45, 2.75) is 6.18 Å². The van der Waals surface area contributed by atoms with E-state index in [9.17, 15) is 18.0 Å². The SMILES string of the molecule is Nc1ccc(C(F)(F)F)cc1C(=O)Nc1cccnc1. The van der Waals surface area contributed by atoms with Crippen LogP contribution >= 0.6 is 0 Å². The topological polar surface area (TPSA) is 68.0 Å². The third-order valence-electron chi connectivity index (χ3n) is 2.54. The number of hydrogen-bond acceptors (Lipinski definition) is 3. The monoisotopic (exact) mass is 281 g/mol. The number of hydrogen-bond donors (Lipinski definition) is 2. The van der Waals surface area contributed by atoms with E-state index in [0.717, 1.165) is 18.2 Å². The maximum Gasteiger partial charge on any atom is 0.416 e. The molecule has 0 atom stereocenters. The molecule has 3 N–H and O–H groups in total. The molecule has 0 aliphatic carbocycles. The van der Waals surface area contributed by atoms with E-state index in [1.54, 1.807) is 12.1 Å². The fourth-order valence-corrected chi connectivity index (χ4v) is 1.56. The molecule has 104 valence electrons. The third kappa shape index (κ3) is 3.05. The predicted molar refractivity (Wildman–Crippen MR) is 68.0 cm³/mol. The predicted octanol–water partition coefficient (Wildman–Crippen LogP) is 2.93. The summed E-state index contributed by atoms with van der Waals surface area (Å²) in [4.78, 5) is 15.7. The van der Waals surface area contributed by atoms with Crippen molar-refractivity contribution in [3.63, 3.8) is 0 Å². The molecule has 0 fully saturated rings. The van der Waals surface area contributed by atoms with Crippen LogP contribution in [0.5, 0.6) is 0 Å². The highest BCUT2D eigenvalue weighted by molar-refractivity contribution is 6.07. The van der Waals surface area contributed by atoms with E-state index in [2.05, 4.69) is 10.3 Å². The van der Waals surface area contributed by atoms with Crippen LogP contribution in [0.2, 0.25) is 0 Å². The van der Waals surface area contributed by atoms with Crippen LogP contribution in [-0.2, 0) is 6.18 Å². The van der Waals surface area contributed by atoms with Crippen LogP contribution in [0, 0.1) is 0 Å². The average molecular weight is 281 g/mol. The summed E-state index contributed by atoms with van der Waals surface area (Å²) in [7, 11) is 0. The molecule has 0 aliphatic rings. The number of amides is 1. The zero-order valence-electron chi connectivity index (χ0n) is 10.1. The van der Waals surface area contributed by atoms with Crippen LogP contribution in [0.3, 0.4) is 0 Å². The molecule has 1 aromatic carbocycles. The number of alkyl halides is 3. The van der Waals surface area contributed by atoms with Crippen molar-refractivity contribution in [3.8, 4) is 0 Å². The van der Waals surface area contributed by atoms with Gasteiger partial charge >= 0.3 is 6.18 Å². The smallest absolute Gasteiger partial charge is 0.398 e. The normalized spacial score (nSPS) is 11.2. The second-order valence-corrected chi connectivity index (χ2v) is 4.00. The molecule has 2 aromatic rings. The first-order valence-electron chi connectivity index (χ1n) is 5.56. The van der Waals surface area contributed by atoms with Gasteiger partial charge in [-0.15, -0.1) is 0 Å². The first kappa shape index (κ1) is 13.9. The highest BCUT2D eigenvalue weighted by Gasteiger charge is 2.31. The molecular formula is C13H10F3N3O. The van der Waals surface area contributed by atoms with Gasteiger partial charge in [0.25, 0.3) is 5.91 Å². The number of nitrogens with one attached hydrogen (secondary N) is 1.